The lowest BCUT2D eigenvalue weighted by Crippen LogP contribution is -2.34. The molecule has 1 aromatic heterocycles. The number of amides is 1. The molecule has 1 saturated heterocycles. The van der Waals surface area contributed by atoms with Crippen molar-refractivity contribution in [3.05, 3.63) is 17.0 Å². The van der Waals surface area contributed by atoms with E-state index in [0.717, 1.165) is 38.4 Å². The van der Waals surface area contributed by atoms with Crippen molar-refractivity contribution in [2.45, 2.75) is 71.5 Å². The van der Waals surface area contributed by atoms with Gasteiger partial charge in [-0.25, -0.2) is 0 Å². The smallest absolute Gasteiger partial charge is 0.226 e. The number of aryl methyl sites for hydroxylation is 1. The molecular weight excluding hydrogens is 312 g/mol. The van der Waals surface area contributed by atoms with Gasteiger partial charge >= 0.3 is 0 Å². The lowest BCUT2D eigenvalue weighted by Gasteiger charge is -2.29. The topological polar surface area (TPSA) is 41.4 Å². The Morgan fingerprint density at radius 3 is 2.52 bits per heavy atom. The SMILES string of the molecule is CC1CCC(C(=O)N2Cc3c(CN4CCCCC4)nn(C)c3C2)CC1. The molecule has 1 amide bonds. The average molecular weight is 345 g/mol. The zero-order chi connectivity index (χ0) is 17.4. The van der Waals surface area contributed by atoms with Crippen molar-refractivity contribution < 1.29 is 4.79 Å². The second kappa shape index (κ2) is 7.10. The Morgan fingerprint density at radius 2 is 1.80 bits per heavy atom. The Labute approximate surface area is 151 Å². The number of likely N-dealkylation sites (tertiary alicyclic amines) is 1. The van der Waals surface area contributed by atoms with Gasteiger partial charge in [0.1, 0.15) is 0 Å². The van der Waals surface area contributed by atoms with Crippen molar-refractivity contribution in [1.29, 1.82) is 0 Å². The molecule has 1 aromatic rings. The maximum absolute atomic E-state index is 13.0. The van der Waals surface area contributed by atoms with Crippen LogP contribution in [0.15, 0.2) is 0 Å². The van der Waals surface area contributed by atoms with Crippen molar-refractivity contribution >= 4 is 5.91 Å². The van der Waals surface area contributed by atoms with Crippen LogP contribution in [0.25, 0.3) is 0 Å². The second-order valence-corrected chi connectivity index (χ2v) is 8.48. The van der Waals surface area contributed by atoms with Gasteiger partial charge in [0.2, 0.25) is 5.91 Å². The lowest BCUT2D eigenvalue weighted by atomic mass is 9.82. The summed E-state index contributed by atoms with van der Waals surface area (Å²) in [5.74, 6) is 1.43. The maximum Gasteiger partial charge on any atom is 0.226 e. The summed E-state index contributed by atoms with van der Waals surface area (Å²) in [7, 11) is 2.04. The van der Waals surface area contributed by atoms with E-state index in [1.165, 1.54) is 62.1 Å². The minimum Gasteiger partial charge on any atom is -0.332 e. The van der Waals surface area contributed by atoms with E-state index in [4.69, 9.17) is 5.10 Å². The summed E-state index contributed by atoms with van der Waals surface area (Å²) in [5.41, 5.74) is 3.78. The van der Waals surface area contributed by atoms with Gasteiger partial charge in [0, 0.05) is 31.6 Å². The summed E-state index contributed by atoms with van der Waals surface area (Å²) in [6.45, 7) is 7.17. The number of aromatic nitrogens is 2. The van der Waals surface area contributed by atoms with Gasteiger partial charge < -0.3 is 4.90 Å². The summed E-state index contributed by atoms with van der Waals surface area (Å²) in [6.07, 6.45) is 8.54. The Kier molecular flexibility index (Phi) is 4.85. The number of hydrogen-bond acceptors (Lipinski definition) is 3. The molecule has 0 unspecified atom stereocenters. The third kappa shape index (κ3) is 3.48. The first kappa shape index (κ1) is 17.1. The van der Waals surface area contributed by atoms with Gasteiger partial charge in [-0.3, -0.25) is 14.4 Å². The van der Waals surface area contributed by atoms with E-state index in [1.807, 2.05) is 11.7 Å². The molecule has 3 heterocycles. The van der Waals surface area contributed by atoms with Crippen molar-refractivity contribution in [3.8, 4) is 0 Å². The molecule has 0 N–H and O–H groups in total. The monoisotopic (exact) mass is 344 g/mol. The van der Waals surface area contributed by atoms with E-state index in [9.17, 15) is 4.79 Å². The van der Waals surface area contributed by atoms with Gasteiger partial charge in [-0.1, -0.05) is 13.3 Å². The van der Waals surface area contributed by atoms with Crippen LogP contribution in [0.2, 0.25) is 0 Å². The van der Waals surface area contributed by atoms with E-state index in [0.29, 0.717) is 5.91 Å². The van der Waals surface area contributed by atoms with Crippen LogP contribution in [0.5, 0.6) is 0 Å². The zero-order valence-electron chi connectivity index (χ0n) is 15.8. The Balaban J connectivity index is 1.43. The van der Waals surface area contributed by atoms with Crippen LogP contribution in [-0.2, 0) is 31.5 Å². The van der Waals surface area contributed by atoms with Crippen LogP contribution in [0.1, 0.15) is 68.8 Å². The van der Waals surface area contributed by atoms with Crippen LogP contribution in [-0.4, -0.2) is 38.6 Å². The highest BCUT2D eigenvalue weighted by Gasteiger charge is 2.34. The molecule has 0 radical (unpaired) electrons. The third-order valence-corrected chi connectivity index (χ3v) is 6.55. The molecule has 25 heavy (non-hydrogen) atoms. The van der Waals surface area contributed by atoms with Crippen LogP contribution >= 0.6 is 0 Å². The van der Waals surface area contributed by atoms with Crippen molar-refractivity contribution in [2.75, 3.05) is 13.1 Å². The van der Waals surface area contributed by atoms with Gasteiger partial charge in [0.05, 0.1) is 17.9 Å². The van der Waals surface area contributed by atoms with E-state index >= 15 is 0 Å². The highest BCUT2D eigenvalue weighted by Crippen LogP contribution is 2.33. The molecule has 5 nitrogen and oxygen atoms in total. The number of carbonyl (C=O) groups excluding carboxylic acids is 1. The minimum atomic E-state index is 0.254. The number of piperidine rings is 1. The van der Waals surface area contributed by atoms with Crippen LogP contribution in [0, 0.1) is 11.8 Å². The molecule has 0 aromatic carbocycles. The molecule has 2 aliphatic heterocycles. The minimum absolute atomic E-state index is 0.254. The van der Waals surface area contributed by atoms with E-state index < -0.39 is 0 Å². The van der Waals surface area contributed by atoms with Gasteiger partial charge in [-0.2, -0.15) is 5.10 Å². The highest BCUT2D eigenvalue weighted by atomic mass is 16.2. The summed E-state index contributed by atoms with van der Waals surface area (Å²) in [5, 5.41) is 4.78. The van der Waals surface area contributed by atoms with Gasteiger partial charge in [-0.05, 0) is 57.5 Å². The second-order valence-electron chi connectivity index (χ2n) is 8.48. The third-order valence-electron chi connectivity index (χ3n) is 6.55. The van der Waals surface area contributed by atoms with Crippen molar-refractivity contribution in [2.24, 2.45) is 18.9 Å². The van der Waals surface area contributed by atoms with Gasteiger partial charge in [-0.15, -0.1) is 0 Å². The molecule has 0 bridgehead atoms. The fraction of sp³-hybridized carbons (Fsp3) is 0.800. The standard InChI is InChI=1S/C20H32N4O/c1-15-6-8-16(9-7-15)20(25)24-12-17-18(21-22(2)19(17)14-24)13-23-10-4-3-5-11-23/h15-16H,3-14H2,1-2H3. The first-order valence-electron chi connectivity index (χ1n) is 10.2. The molecule has 3 aliphatic rings. The molecule has 1 aliphatic carbocycles. The largest absolute Gasteiger partial charge is 0.332 e. The predicted octanol–water partition coefficient (Wildman–Crippen LogP) is 3.07. The van der Waals surface area contributed by atoms with Crippen molar-refractivity contribution in [3.63, 3.8) is 0 Å². The number of carbonyl (C=O) groups is 1. The highest BCUT2D eigenvalue weighted by molar-refractivity contribution is 5.79. The molecular formula is C20H32N4O. The normalized spacial score (nSPS) is 27.5. The van der Waals surface area contributed by atoms with E-state index in [1.54, 1.807) is 0 Å². The van der Waals surface area contributed by atoms with Crippen LogP contribution in [0.4, 0.5) is 0 Å². The molecule has 138 valence electrons. The summed E-state index contributed by atoms with van der Waals surface area (Å²) in [4.78, 5) is 17.6. The van der Waals surface area contributed by atoms with Crippen molar-refractivity contribution in [1.82, 2.24) is 19.6 Å². The fourth-order valence-corrected chi connectivity index (χ4v) is 4.85. The average Bonchev–Trinajstić information content (AvgIpc) is 3.18. The molecule has 0 spiro atoms. The lowest BCUT2D eigenvalue weighted by molar-refractivity contribution is -0.137. The number of nitrogens with zero attached hydrogens (tertiary/aromatic N) is 4. The van der Waals surface area contributed by atoms with E-state index in [-0.39, 0.29) is 5.92 Å². The fourth-order valence-electron chi connectivity index (χ4n) is 4.85. The molecule has 4 rings (SSSR count). The molecule has 0 atom stereocenters. The molecule has 1 saturated carbocycles. The number of hydrogen-bond donors (Lipinski definition) is 0. The summed E-state index contributed by atoms with van der Waals surface area (Å²) >= 11 is 0. The Hall–Kier alpha value is -1.36. The zero-order valence-corrected chi connectivity index (χ0v) is 15.8. The quantitative estimate of drug-likeness (QED) is 0.846. The first-order valence-corrected chi connectivity index (χ1v) is 10.2. The van der Waals surface area contributed by atoms with Crippen LogP contribution < -0.4 is 0 Å². The summed E-state index contributed by atoms with van der Waals surface area (Å²) < 4.78 is 2.02. The number of rotatable bonds is 3. The molecule has 2 fully saturated rings. The van der Waals surface area contributed by atoms with Gasteiger partial charge in [0.15, 0.2) is 0 Å². The maximum atomic E-state index is 13.0. The Bertz CT molecular complexity index is 624. The van der Waals surface area contributed by atoms with Crippen LogP contribution in [0.3, 0.4) is 0 Å². The predicted molar refractivity (Wildman–Crippen MR) is 97.7 cm³/mol. The molecule has 5 heteroatoms. The van der Waals surface area contributed by atoms with E-state index in [2.05, 4.69) is 16.7 Å². The summed E-state index contributed by atoms with van der Waals surface area (Å²) in [6, 6.07) is 0. The Morgan fingerprint density at radius 1 is 1.08 bits per heavy atom. The first-order chi connectivity index (χ1) is 12.1. The van der Waals surface area contributed by atoms with Gasteiger partial charge in [0.25, 0.3) is 0 Å². The number of fused-ring (bicyclic) bond motifs is 1.